The van der Waals surface area contributed by atoms with Gasteiger partial charge in [-0.25, -0.2) is 9.59 Å². The summed E-state index contributed by atoms with van der Waals surface area (Å²) in [6, 6.07) is 22.5. The number of halogens is 1. The van der Waals surface area contributed by atoms with E-state index >= 15 is 0 Å². The second kappa shape index (κ2) is 15.7. The first-order valence-electron chi connectivity index (χ1n) is 16.6. The number of hydrogen-bond acceptors (Lipinski definition) is 11. The van der Waals surface area contributed by atoms with Crippen LogP contribution in [0, 0.1) is 34.6 Å². The largest absolute Gasteiger partial charge is 0.351 e. The van der Waals surface area contributed by atoms with E-state index in [1.807, 2.05) is 45.0 Å². The monoisotopic (exact) mass is 741 g/mol. The van der Waals surface area contributed by atoms with Crippen molar-refractivity contribution in [3.63, 3.8) is 0 Å². The molecule has 1 heterocycles. The molecule has 272 valence electrons. The zero-order valence-electron chi connectivity index (χ0n) is 30.0. The van der Waals surface area contributed by atoms with Crippen molar-refractivity contribution in [3.8, 4) is 0 Å². The lowest BCUT2D eigenvalue weighted by Crippen LogP contribution is -2.19. The maximum absolute atomic E-state index is 11.9. The first-order valence-corrected chi connectivity index (χ1v) is 17.0. The van der Waals surface area contributed by atoms with Gasteiger partial charge in [-0.3, -0.25) is 0 Å². The number of aryl methyl sites for hydroxylation is 5. The molecular formula is C38H36ClN13O2. The molecule has 5 aromatic carbocycles. The molecule has 0 bridgehead atoms. The highest BCUT2D eigenvalue weighted by atomic mass is 35.5. The van der Waals surface area contributed by atoms with Crippen molar-refractivity contribution in [1.29, 1.82) is 0 Å². The van der Waals surface area contributed by atoms with Gasteiger partial charge in [-0.1, -0.05) is 35.4 Å². The number of nitrogens with zero attached hydrogens (tertiary/aromatic N) is 7. The van der Waals surface area contributed by atoms with Crippen molar-refractivity contribution in [2.45, 2.75) is 34.6 Å². The van der Waals surface area contributed by atoms with E-state index in [2.05, 4.69) is 88.7 Å². The number of urea groups is 2. The molecule has 54 heavy (non-hydrogen) atoms. The Hall–Kier alpha value is -7.00. The second-order valence-corrected chi connectivity index (χ2v) is 12.9. The van der Waals surface area contributed by atoms with Gasteiger partial charge in [-0.05, 0) is 128 Å². The Bertz CT molecular complexity index is 2500. The summed E-state index contributed by atoms with van der Waals surface area (Å²) >= 11 is 6.28. The number of anilines is 6. The van der Waals surface area contributed by atoms with E-state index in [0.29, 0.717) is 45.5 Å². The minimum atomic E-state index is -0.783. The van der Waals surface area contributed by atoms with Gasteiger partial charge in [0.15, 0.2) is 0 Å². The standard InChI is InChI=1S/C38H36ClN13O2/c1-19-6-9-28(22(4)12-19)49-50-29-10-7-25(16-32(29)44-35(40)53)42-37-46-34(39)47-38(48-37)43-26-8-11-30(33(17-26)45-36(41)54)51-52-31-18-27-21(3)13-20(2)14-24(27)15-23(31)5/h6-18H,1-5H3,(H3,40,44,53)(H3,41,45,54)(H2,42,43,46,47,48)/b50-49+,52-51?. The topological polar surface area (TPSA) is 222 Å². The fourth-order valence-electron chi connectivity index (χ4n) is 5.71. The average molecular weight is 742 g/mol. The van der Waals surface area contributed by atoms with E-state index in [1.54, 1.807) is 36.4 Å². The zero-order chi connectivity index (χ0) is 38.5. The summed E-state index contributed by atoms with van der Waals surface area (Å²) in [4.78, 5) is 36.5. The predicted octanol–water partition coefficient (Wildman–Crippen LogP) is 10.5. The summed E-state index contributed by atoms with van der Waals surface area (Å²) in [5.74, 6) is 0.174. The number of azo groups is 2. The van der Waals surface area contributed by atoms with Crippen LogP contribution in [0.25, 0.3) is 10.8 Å². The van der Waals surface area contributed by atoms with E-state index in [9.17, 15) is 9.59 Å². The van der Waals surface area contributed by atoms with Crippen molar-refractivity contribution < 1.29 is 9.59 Å². The average Bonchev–Trinajstić information content (AvgIpc) is 3.07. The van der Waals surface area contributed by atoms with Gasteiger partial charge in [0.05, 0.1) is 22.7 Å². The SMILES string of the molecule is Cc1ccc(/N=N/c2ccc(Nc3nc(Cl)nc(Nc4ccc(N=Nc5cc6c(C)cc(C)cc6cc5C)c(NC(N)=O)c4)n3)cc2NC(N)=O)c(C)c1. The van der Waals surface area contributed by atoms with Crippen molar-refractivity contribution in [2.75, 3.05) is 21.3 Å². The molecule has 6 rings (SSSR count). The number of nitrogens with one attached hydrogen (secondary N) is 4. The molecule has 0 spiro atoms. The first-order chi connectivity index (χ1) is 25.8. The van der Waals surface area contributed by atoms with Crippen LogP contribution in [0.4, 0.5) is 67.0 Å². The molecule has 15 nitrogen and oxygen atoms in total. The summed E-state index contributed by atoms with van der Waals surface area (Å²) in [5, 5.41) is 31.0. The minimum absolute atomic E-state index is 0.0867. The number of carbonyl (C=O) groups is 2. The van der Waals surface area contributed by atoms with Crippen LogP contribution in [0.5, 0.6) is 0 Å². The number of hydrogen-bond donors (Lipinski definition) is 6. The summed E-state index contributed by atoms with van der Waals surface area (Å²) < 4.78 is 0. The molecular weight excluding hydrogens is 706 g/mol. The number of aromatic nitrogens is 3. The molecule has 0 saturated heterocycles. The normalized spacial score (nSPS) is 11.3. The Morgan fingerprint density at radius 2 is 1.06 bits per heavy atom. The van der Waals surface area contributed by atoms with Crippen LogP contribution in [0.1, 0.15) is 27.8 Å². The minimum Gasteiger partial charge on any atom is -0.351 e. The number of carbonyl (C=O) groups excluding carboxylic acids is 2. The molecule has 0 fully saturated rings. The molecule has 8 N–H and O–H groups in total. The lowest BCUT2D eigenvalue weighted by molar-refractivity contribution is 0.258. The highest BCUT2D eigenvalue weighted by Gasteiger charge is 2.13. The van der Waals surface area contributed by atoms with Gasteiger partial charge in [-0.15, -0.1) is 10.2 Å². The molecule has 0 radical (unpaired) electrons. The van der Waals surface area contributed by atoms with E-state index in [0.717, 1.165) is 33.0 Å². The third-order valence-corrected chi connectivity index (χ3v) is 8.30. The van der Waals surface area contributed by atoms with E-state index in [4.69, 9.17) is 23.1 Å². The van der Waals surface area contributed by atoms with Crippen LogP contribution < -0.4 is 32.7 Å². The van der Waals surface area contributed by atoms with Crippen molar-refractivity contribution >= 4 is 91.8 Å². The summed E-state index contributed by atoms with van der Waals surface area (Å²) in [6.07, 6.45) is 0. The van der Waals surface area contributed by atoms with E-state index < -0.39 is 12.1 Å². The maximum Gasteiger partial charge on any atom is 0.316 e. The molecule has 0 saturated carbocycles. The molecule has 0 atom stereocenters. The van der Waals surface area contributed by atoms with Gasteiger partial charge >= 0.3 is 12.1 Å². The third-order valence-electron chi connectivity index (χ3n) is 8.13. The fraction of sp³-hybridized carbons (Fsp3) is 0.132. The van der Waals surface area contributed by atoms with Crippen molar-refractivity contribution in [3.05, 3.63) is 112 Å². The lowest BCUT2D eigenvalue weighted by atomic mass is 9.99. The smallest absolute Gasteiger partial charge is 0.316 e. The molecule has 6 aromatic rings. The Morgan fingerprint density at radius 3 is 1.61 bits per heavy atom. The Morgan fingerprint density at radius 1 is 0.556 bits per heavy atom. The molecule has 4 amide bonds. The fourth-order valence-corrected chi connectivity index (χ4v) is 5.87. The maximum atomic E-state index is 11.9. The third kappa shape index (κ3) is 9.07. The number of benzene rings is 5. The molecule has 1 aromatic heterocycles. The van der Waals surface area contributed by atoms with Crippen LogP contribution >= 0.6 is 11.6 Å². The van der Waals surface area contributed by atoms with Gasteiger partial charge in [0, 0.05) is 11.4 Å². The summed E-state index contributed by atoms with van der Waals surface area (Å²) in [7, 11) is 0. The Balaban J connectivity index is 1.23. The summed E-state index contributed by atoms with van der Waals surface area (Å²) in [5.41, 5.74) is 19.9. The molecule has 0 aliphatic rings. The number of nitrogens with two attached hydrogens (primary N) is 2. The highest BCUT2D eigenvalue weighted by Crippen LogP contribution is 2.35. The van der Waals surface area contributed by atoms with Gasteiger partial charge in [0.2, 0.25) is 17.2 Å². The molecule has 0 unspecified atom stereocenters. The van der Waals surface area contributed by atoms with E-state index in [1.165, 1.54) is 5.56 Å². The number of primary amides is 2. The Kier molecular flexibility index (Phi) is 10.7. The number of fused-ring (bicyclic) bond motifs is 1. The van der Waals surface area contributed by atoms with Gasteiger partial charge in [0.1, 0.15) is 11.4 Å². The van der Waals surface area contributed by atoms with Crippen LogP contribution in [0.15, 0.2) is 99.3 Å². The van der Waals surface area contributed by atoms with Crippen LogP contribution in [0.2, 0.25) is 5.28 Å². The molecule has 0 aliphatic heterocycles. The van der Waals surface area contributed by atoms with Crippen LogP contribution in [-0.2, 0) is 0 Å². The van der Waals surface area contributed by atoms with Crippen LogP contribution in [-0.4, -0.2) is 27.0 Å². The molecule has 16 heteroatoms. The van der Waals surface area contributed by atoms with Crippen molar-refractivity contribution in [2.24, 2.45) is 31.9 Å². The van der Waals surface area contributed by atoms with E-state index in [-0.39, 0.29) is 17.2 Å². The highest BCUT2D eigenvalue weighted by molar-refractivity contribution is 6.28. The first kappa shape index (κ1) is 36.8. The quantitative estimate of drug-likeness (QED) is 0.0744. The predicted molar refractivity (Wildman–Crippen MR) is 213 cm³/mol. The second-order valence-electron chi connectivity index (χ2n) is 12.6. The Labute approximate surface area is 315 Å². The number of amides is 4. The van der Waals surface area contributed by atoms with Gasteiger partial charge in [-0.2, -0.15) is 25.2 Å². The zero-order valence-corrected chi connectivity index (χ0v) is 30.7. The lowest BCUT2D eigenvalue weighted by Gasteiger charge is -2.12. The van der Waals surface area contributed by atoms with Gasteiger partial charge in [0.25, 0.3) is 0 Å². The van der Waals surface area contributed by atoms with Gasteiger partial charge < -0.3 is 32.7 Å². The van der Waals surface area contributed by atoms with Crippen LogP contribution in [0.3, 0.4) is 0 Å². The summed E-state index contributed by atoms with van der Waals surface area (Å²) in [6.45, 7) is 10.0. The van der Waals surface area contributed by atoms with Crippen molar-refractivity contribution in [1.82, 2.24) is 15.0 Å². The molecule has 0 aliphatic carbocycles. The number of rotatable bonds is 10.